The zero-order chi connectivity index (χ0) is 20.0. The fourth-order valence-electron chi connectivity index (χ4n) is 2.48. The van der Waals surface area contributed by atoms with E-state index < -0.39 is 0 Å². The fourth-order valence-corrected chi connectivity index (χ4v) is 2.64. The summed E-state index contributed by atoms with van der Waals surface area (Å²) >= 11 is 6.03. The molecule has 9 heteroatoms. The molecule has 2 amide bonds. The Hall–Kier alpha value is -2.64. The Morgan fingerprint density at radius 3 is 2.50 bits per heavy atom. The molecule has 2 rings (SSSR count). The van der Waals surface area contributed by atoms with Crippen LogP contribution in [0.5, 0.6) is 11.5 Å². The second-order valence-electron chi connectivity index (χ2n) is 5.67. The van der Waals surface area contributed by atoms with Crippen LogP contribution in [0.15, 0.2) is 36.4 Å². The molecule has 0 bridgehead atoms. The number of nitrogens with two attached hydrogens (primary N) is 1. The number of benzene rings is 2. The number of carbonyl (C=O) groups excluding carboxylic acids is 2. The van der Waals surface area contributed by atoms with E-state index in [1.54, 1.807) is 38.3 Å². The average molecular weight is 428 g/mol. The molecule has 0 aromatic heterocycles. The van der Waals surface area contributed by atoms with E-state index in [0.717, 1.165) is 0 Å². The number of ether oxygens (including phenoxy) is 2. The van der Waals surface area contributed by atoms with Crippen molar-refractivity contribution in [2.45, 2.75) is 6.92 Å². The summed E-state index contributed by atoms with van der Waals surface area (Å²) in [5, 5.41) is 2.99. The van der Waals surface area contributed by atoms with Crippen LogP contribution in [0.1, 0.15) is 17.3 Å². The van der Waals surface area contributed by atoms with Crippen molar-refractivity contribution in [2.75, 3.05) is 38.4 Å². The molecule has 0 aliphatic heterocycles. The third-order valence-corrected chi connectivity index (χ3v) is 4.23. The van der Waals surface area contributed by atoms with Gasteiger partial charge in [-0.2, -0.15) is 0 Å². The highest BCUT2D eigenvalue weighted by Crippen LogP contribution is 2.29. The first kappa shape index (κ1) is 23.4. The number of halogens is 2. The van der Waals surface area contributed by atoms with E-state index >= 15 is 0 Å². The van der Waals surface area contributed by atoms with Crippen molar-refractivity contribution in [1.29, 1.82) is 0 Å². The van der Waals surface area contributed by atoms with Crippen molar-refractivity contribution in [3.05, 3.63) is 47.0 Å². The molecule has 0 heterocycles. The minimum absolute atomic E-state index is 0. The van der Waals surface area contributed by atoms with Crippen LogP contribution in [-0.2, 0) is 4.79 Å². The van der Waals surface area contributed by atoms with Gasteiger partial charge in [-0.3, -0.25) is 9.59 Å². The average Bonchev–Trinajstić information content (AvgIpc) is 2.67. The van der Waals surface area contributed by atoms with Gasteiger partial charge in [0.2, 0.25) is 5.91 Å². The molecule has 0 fully saturated rings. The number of nitrogens with zero attached hydrogens (tertiary/aromatic N) is 1. The van der Waals surface area contributed by atoms with E-state index in [1.165, 1.54) is 24.1 Å². The van der Waals surface area contributed by atoms with E-state index in [2.05, 4.69) is 5.32 Å². The van der Waals surface area contributed by atoms with Crippen molar-refractivity contribution < 1.29 is 19.1 Å². The number of nitrogen functional groups attached to an aromatic ring is 1. The van der Waals surface area contributed by atoms with E-state index in [4.69, 9.17) is 26.8 Å². The van der Waals surface area contributed by atoms with Gasteiger partial charge >= 0.3 is 0 Å². The number of methoxy groups -OCH3 is 2. The Kier molecular flexibility index (Phi) is 8.88. The lowest BCUT2D eigenvalue weighted by molar-refractivity contribution is -0.116. The van der Waals surface area contributed by atoms with Crippen LogP contribution in [0, 0.1) is 0 Å². The molecule has 0 aliphatic carbocycles. The van der Waals surface area contributed by atoms with E-state index in [0.29, 0.717) is 29.4 Å². The molecule has 3 N–H and O–H groups in total. The van der Waals surface area contributed by atoms with Crippen LogP contribution in [0.3, 0.4) is 0 Å². The van der Waals surface area contributed by atoms with Crippen molar-refractivity contribution in [1.82, 2.24) is 4.90 Å². The Balaban J connectivity index is 0.00000392. The molecule has 28 heavy (non-hydrogen) atoms. The molecule has 0 spiro atoms. The first-order valence-electron chi connectivity index (χ1n) is 8.25. The van der Waals surface area contributed by atoms with Gasteiger partial charge in [-0.25, -0.2) is 0 Å². The predicted molar refractivity (Wildman–Crippen MR) is 113 cm³/mol. The number of amides is 2. The zero-order valence-electron chi connectivity index (χ0n) is 15.8. The molecule has 7 nitrogen and oxygen atoms in total. The molecule has 152 valence electrons. The SMILES string of the molecule is CCN(CC(=O)Nc1cccc(OC)c1)C(=O)c1cc(Cl)c(N)cc1OC.Cl. The lowest BCUT2D eigenvalue weighted by Gasteiger charge is -2.22. The lowest BCUT2D eigenvalue weighted by atomic mass is 10.1. The minimum Gasteiger partial charge on any atom is -0.497 e. The monoisotopic (exact) mass is 427 g/mol. The zero-order valence-corrected chi connectivity index (χ0v) is 17.4. The number of rotatable bonds is 7. The van der Waals surface area contributed by atoms with Crippen LogP contribution in [0.25, 0.3) is 0 Å². The first-order valence-corrected chi connectivity index (χ1v) is 8.63. The van der Waals surface area contributed by atoms with Crippen molar-refractivity contribution in [3.63, 3.8) is 0 Å². The predicted octanol–water partition coefficient (Wildman–Crippen LogP) is 3.46. The summed E-state index contributed by atoms with van der Waals surface area (Å²) in [5.74, 6) is 0.210. The van der Waals surface area contributed by atoms with Gasteiger partial charge in [0.15, 0.2) is 0 Å². The Morgan fingerprint density at radius 2 is 1.89 bits per heavy atom. The summed E-state index contributed by atoms with van der Waals surface area (Å²) in [5.41, 5.74) is 6.88. The van der Waals surface area contributed by atoms with Gasteiger partial charge in [0.05, 0.1) is 30.5 Å². The summed E-state index contributed by atoms with van der Waals surface area (Å²) < 4.78 is 10.4. The third-order valence-electron chi connectivity index (χ3n) is 3.91. The number of carbonyl (C=O) groups is 2. The van der Waals surface area contributed by atoms with Crippen LogP contribution in [-0.4, -0.2) is 44.0 Å². The van der Waals surface area contributed by atoms with Gasteiger partial charge in [-0.1, -0.05) is 17.7 Å². The molecular weight excluding hydrogens is 405 g/mol. The van der Waals surface area contributed by atoms with E-state index in [9.17, 15) is 9.59 Å². The summed E-state index contributed by atoms with van der Waals surface area (Å²) in [6.45, 7) is 1.98. The molecule has 0 aliphatic rings. The van der Waals surface area contributed by atoms with Gasteiger partial charge < -0.3 is 25.4 Å². The van der Waals surface area contributed by atoms with Gasteiger partial charge in [0.1, 0.15) is 18.0 Å². The summed E-state index contributed by atoms with van der Waals surface area (Å²) in [6, 6.07) is 9.90. The molecular formula is C19H23Cl2N3O4. The molecule has 0 unspecified atom stereocenters. The molecule has 0 radical (unpaired) electrons. The van der Waals surface area contributed by atoms with E-state index in [-0.39, 0.29) is 41.4 Å². The van der Waals surface area contributed by atoms with Gasteiger partial charge in [0.25, 0.3) is 5.91 Å². The number of anilines is 2. The van der Waals surface area contributed by atoms with Crippen molar-refractivity contribution in [2.24, 2.45) is 0 Å². The van der Waals surface area contributed by atoms with Crippen LogP contribution >= 0.6 is 24.0 Å². The number of nitrogens with one attached hydrogen (secondary N) is 1. The van der Waals surface area contributed by atoms with Crippen molar-refractivity contribution in [3.8, 4) is 11.5 Å². The smallest absolute Gasteiger partial charge is 0.258 e. The molecule has 2 aromatic rings. The third kappa shape index (κ3) is 5.68. The van der Waals surface area contributed by atoms with E-state index in [1.807, 2.05) is 0 Å². The molecule has 0 saturated heterocycles. The number of hydrogen-bond acceptors (Lipinski definition) is 5. The number of hydrogen-bond donors (Lipinski definition) is 2. The maximum atomic E-state index is 12.9. The summed E-state index contributed by atoms with van der Waals surface area (Å²) in [7, 11) is 2.98. The van der Waals surface area contributed by atoms with Crippen molar-refractivity contribution >= 4 is 47.2 Å². The Bertz CT molecular complexity index is 846. The van der Waals surface area contributed by atoms with Crippen LogP contribution in [0.4, 0.5) is 11.4 Å². The molecule has 0 saturated carbocycles. The maximum Gasteiger partial charge on any atom is 0.258 e. The second-order valence-corrected chi connectivity index (χ2v) is 6.08. The molecule has 0 atom stereocenters. The summed E-state index contributed by atoms with van der Waals surface area (Å²) in [4.78, 5) is 26.6. The highest BCUT2D eigenvalue weighted by atomic mass is 35.5. The normalized spacial score (nSPS) is 9.86. The van der Waals surface area contributed by atoms with Gasteiger partial charge in [-0.15, -0.1) is 12.4 Å². The topological polar surface area (TPSA) is 93.9 Å². The van der Waals surface area contributed by atoms with Crippen LogP contribution in [0.2, 0.25) is 5.02 Å². The number of likely N-dealkylation sites (N-methyl/N-ethyl adjacent to an activating group) is 1. The quantitative estimate of drug-likeness (QED) is 0.659. The Labute approximate surface area is 175 Å². The first-order chi connectivity index (χ1) is 12.9. The standard InChI is InChI=1S/C19H22ClN3O4.ClH/c1-4-23(11-18(24)22-12-6-5-7-13(8-12)26-2)19(25)14-9-15(20)16(21)10-17(14)27-3;/h5-10H,4,11,21H2,1-3H3,(H,22,24);1H. The second kappa shape index (κ2) is 10.6. The fraction of sp³-hybridized carbons (Fsp3) is 0.263. The maximum absolute atomic E-state index is 12.9. The lowest BCUT2D eigenvalue weighted by Crippen LogP contribution is -2.38. The highest BCUT2D eigenvalue weighted by molar-refractivity contribution is 6.33. The van der Waals surface area contributed by atoms with Gasteiger partial charge in [-0.05, 0) is 25.1 Å². The Morgan fingerprint density at radius 1 is 1.18 bits per heavy atom. The highest BCUT2D eigenvalue weighted by Gasteiger charge is 2.22. The summed E-state index contributed by atoms with van der Waals surface area (Å²) in [6.07, 6.45) is 0. The van der Waals surface area contributed by atoms with Gasteiger partial charge in [0, 0.05) is 24.4 Å². The van der Waals surface area contributed by atoms with Crippen LogP contribution < -0.4 is 20.5 Å². The molecule has 2 aromatic carbocycles. The minimum atomic E-state index is -0.378. The largest absolute Gasteiger partial charge is 0.497 e.